The highest BCUT2D eigenvalue weighted by Crippen LogP contribution is 2.28. The number of sulfonamides is 1. The summed E-state index contributed by atoms with van der Waals surface area (Å²) in [6.45, 7) is 0.582. The van der Waals surface area contributed by atoms with Crippen molar-refractivity contribution in [3.8, 4) is 0 Å². The van der Waals surface area contributed by atoms with E-state index in [1.54, 1.807) is 28.8 Å². The normalized spacial score (nSPS) is 15.3. The fraction of sp³-hybridized carbons (Fsp3) is 0.583. The second-order valence-corrected chi connectivity index (χ2v) is 7.32. The Bertz CT molecular complexity index is 607. The van der Waals surface area contributed by atoms with Gasteiger partial charge in [-0.3, -0.25) is 4.79 Å². The lowest BCUT2D eigenvalue weighted by molar-refractivity contribution is 0.0737. The summed E-state index contributed by atoms with van der Waals surface area (Å²) in [6.07, 6.45) is 4.70. The molecule has 1 amide bonds. The zero-order valence-electron chi connectivity index (χ0n) is 11.5. The van der Waals surface area contributed by atoms with Gasteiger partial charge in [0.15, 0.2) is 0 Å². The minimum atomic E-state index is -3.23. The smallest absolute Gasteiger partial charge is 0.270 e. The van der Waals surface area contributed by atoms with Gasteiger partial charge in [0.05, 0.1) is 11.3 Å². The molecule has 1 aliphatic carbocycles. The highest BCUT2D eigenvalue weighted by atomic mass is 35.5. The van der Waals surface area contributed by atoms with Crippen LogP contribution in [0, 0.1) is 0 Å². The van der Waals surface area contributed by atoms with E-state index in [4.69, 9.17) is 11.6 Å². The van der Waals surface area contributed by atoms with Crippen molar-refractivity contribution in [2.75, 3.05) is 19.3 Å². The maximum atomic E-state index is 12.5. The quantitative estimate of drug-likeness (QED) is 0.844. The van der Waals surface area contributed by atoms with Gasteiger partial charge in [-0.15, -0.1) is 0 Å². The van der Waals surface area contributed by atoms with Gasteiger partial charge in [0.25, 0.3) is 5.91 Å². The van der Waals surface area contributed by atoms with Crippen LogP contribution in [0.1, 0.15) is 23.3 Å². The molecule has 2 rings (SSSR count). The lowest BCUT2D eigenvalue weighted by Crippen LogP contribution is -2.40. The second kappa shape index (κ2) is 5.75. The predicted molar refractivity (Wildman–Crippen MR) is 77.3 cm³/mol. The lowest BCUT2D eigenvalue weighted by atomic mass is 10.3. The van der Waals surface area contributed by atoms with Gasteiger partial charge in [0, 0.05) is 32.4 Å². The Morgan fingerprint density at radius 2 is 2.20 bits per heavy atom. The molecule has 112 valence electrons. The van der Waals surface area contributed by atoms with Gasteiger partial charge >= 0.3 is 0 Å². The van der Waals surface area contributed by atoms with Crippen LogP contribution in [-0.4, -0.2) is 49.2 Å². The molecule has 0 saturated heterocycles. The van der Waals surface area contributed by atoms with Gasteiger partial charge in [-0.2, -0.15) is 0 Å². The van der Waals surface area contributed by atoms with Gasteiger partial charge in [-0.25, -0.2) is 13.1 Å². The number of nitrogens with one attached hydrogen (secondary N) is 1. The van der Waals surface area contributed by atoms with E-state index in [1.165, 1.54) is 0 Å². The third-order valence-corrected chi connectivity index (χ3v) is 4.09. The van der Waals surface area contributed by atoms with Gasteiger partial charge in [0.2, 0.25) is 10.0 Å². The zero-order valence-corrected chi connectivity index (χ0v) is 13.0. The van der Waals surface area contributed by atoms with Crippen LogP contribution in [-0.2, 0) is 17.1 Å². The molecule has 0 bridgehead atoms. The van der Waals surface area contributed by atoms with E-state index < -0.39 is 10.0 Å². The first-order valence-electron chi connectivity index (χ1n) is 6.35. The average molecular weight is 320 g/mol. The highest BCUT2D eigenvalue weighted by molar-refractivity contribution is 7.88. The molecule has 1 aliphatic rings. The molecule has 0 aliphatic heterocycles. The molecule has 6 nitrogen and oxygen atoms in total. The van der Waals surface area contributed by atoms with E-state index in [0.29, 0.717) is 17.3 Å². The van der Waals surface area contributed by atoms with E-state index in [9.17, 15) is 13.2 Å². The summed E-state index contributed by atoms with van der Waals surface area (Å²) >= 11 is 5.89. The molecule has 1 saturated carbocycles. The number of aryl methyl sites for hydroxylation is 1. The molecular weight excluding hydrogens is 302 g/mol. The number of amides is 1. The van der Waals surface area contributed by atoms with Crippen molar-refractivity contribution in [2.45, 2.75) is 18.9 Å². The number of halogens is 1. The Morgan fingerprint density at radius 1 is 1.55 bits per heavy atom. The largest absolute Gasteiger partial charge is 0.345 e. The molecule has 0 radical (unpaired) electrons. The second-order valence-electron chi connectivity index (χ2n) is 5.05. The van der Waals surface area contributed by atoms with Crippen molar-refractivity contribution < 1.29 is 13.2 Å². The molecule has 1 aromatic heterocycles. The van der Waals surface area contributed by atoms with E-state index in [1.807, 2.05) is 0 Å². The first-order valence-corrected chi connectivity index (χ1v) is 8.62. The maximum absolute atomic E-state index is 12.5. The third kappa shape index (κ3) is 3.97. The van der Waals surface area contributed by atoms with Crippen LogP contribution < -0.4 is 4.72 Å². The summed E-state index contributed by atoms with van der Waals surface area (Å²) in [4.78, 5) is 14.2. The summed E-state index contributed by atoms with van der Waals surface area (Å²) in [5.41, 5.74) is 0.515. The van der Waals surface area contributed by atoms with Crippen LogP contribution in [0.15, 0.2) is 12.3 Å². The number of carbonyl (C=O) groups is 1. The Hall–Kier alpha value is -1.05. The van der Waals surface area contributed by atoms with Crippen LogP contribution in [0.25, 0.3) is 0 Å². The zero-order chi connectivity index (χ0) is 14.9. The van der Waals surface area contributed by atoms with Gasteiger partial charge < -0.3 is 9.47 Å². The molecule has 20 heavy (non-hydrogen) atoms. The van der Waals surface area contributed by atoms with Crippen LogP contribution >= 0.6 is 11.6 Å². The van der Waals surface area contributed by atoms with Crippen LogP contribution in [0.2, 0.25) is 5.02 Å². The molecule has 1 fully saturated rings. The van der Waals surface area contributed by atoms with Crippen molar-refractivity contribution in [1.82, 2.24) is 14.2 Å². The van der Waals surface area contributed by atoms with E-state index in [-0.39, 0.29) is 18.5 Å². The van der Waals surface area contributed by atoms with Crippen LogP contribution in [0.4, 0.5) is 0 Å². The Balaban J connectivity index is 2.05. The van der Waals surface area contributed by atoms with Gasteiger partial charge in [0.1, 0.15) is 5.69 Å². The molecule has 1 aromatic rings. The Kier molecular flexibility index (Phi) is 4.41. The van der Waals surface area contributed by atoms with Crippen molar-refractivity contribution in [3.05, 3.63) is 23.0 Å². The summed E-state index contributed by atoms with van der Waals surface area (Å²) in [7, 11) is -1.47. The third-order valence-electron chi connectivity index (χ3n) is 3.16. The predicted octanol–water partition coefficient (Wildman–Crippen LogP) is 0.832. The van der Waals surface area contributed by atoms with Crippen molar-refractivity contribution in [1.29, 1.82) is 0 Å². The topological polar surface area (TPSA) is 71.4 Å². The Labute approximate surface area is 123 Å². The first-order chi connectivity index (χ1) is 9.28. The van der Waals surface area contributed by atoms with E-state index >= 15 is 0 Å². The van der Waals surface area contributed by atoms with Crippen LogP contribution in [0.3, 0.4) is 0 Å². The summed E-state index contributed by atoms with van der Waals surface area (Å²) in [5, 5.41) is 0.515. The summed E-state index contributed by atoms with van der Waals surface area (Å²) in [5.74, 6) is -0.114. The SMILES string of the molecule is Cn1cc(Cl)cc1C(=O)N(CCNS(C)(=O)=O)C1CC1. The van der Waals surface area contributed by atoms with Crippen LogP contribution in [0.5, 0.6) is 0 Å². The highest BCUT2D eigenvalue weighted by Gasteiger charge is 2.33. The maximum Gasteiger partial charge on any atom is 0.270 e. The summed E-state index contributed by atoms with van der Waals surface area (Å²) < 4.78 is 26.2. The molecule has 0 aromatic carbocycles. The van der Waals surface area contributed by atoms with E-state index in [0.717, 1.165) is 19.1 Å². The minimum absolute atomic E-state index is 0.114. The van der Waals surface area contributed by atoms with Gasteiger partial charge in [-0.1, -0.05) is 11.6 Å². The molecule has 0 atom stereocenters. The summed E-state index contributed by atoms with van der Waals surface area (Å²) in [6, 6.07) is 1.83. The average Bonchev–Trinajstić information content (AvgIpc) is 3.08. The van der Waals surface area contributed by atoms with E-state index in [2.05, 4.69) is 4.72 Å². The number of aromatic nitrogens is 1. The number of hydrogen-bond acceptors (Lipinski definition) is 3. The first kappa shape index (κ1) is 15.3. The molecule has 0 unspecified atom stereocenters. The number of hydrogen-bond donors (Lipinski definition) is 1. The van der Waals surface area contributed by atoms with Crippen molar-refractivity contribution >= 4 is 27.5 Å². The molecular formula is C12H18ClN3O3S. The monoisotopic (exact) mass is 319 g/mol. The number of carbonyl (C=O) groups excluding carboxylic acids is 1. The molecule has 8 heteroatoms. The minimum Gasteiger partial charge on any atom is -0.345 e. The van der Waals surface area contributed by atoms with Crippen molar-refractivity contribution in [3.63, 3.8) is 0 Å². The fourth-order valence-corrected chi connectivity index (χ4v) is 2.78. The molecule has 0 spiro atoms. The molecule has 1 heterocycles. The fourth-order valence-electron chi connectivity index (χ4n) is 2.07. The Morgan fingerprint density at radius 3 is 2.65 bits per heavy atom. The lowest BCUT2D eigenvalue weighted by Gasteiger charge is -2.22. The standard InChI is InChI=1S/C12H18ClN3O3S/c1-15-8-9(13)7-11(15)12(17)16(10-3-4-10)6-5-14-20(2,18)19/h7-8,10,14H,3-6H2,1-2H3. The number of rotatable bonds is 6. The molecule has 1 N–H and O–H groups in total. The van der Waals surface area contributed by atoms with Gasteiger partial charge in [-0.05, 0) is 18.9 Å². The van der Waals surface area contributed by atoms with Crippen molar-refractivity contribution in [2.24, 2.45) is 7.05 Å². The number of nitrogens with zero attached hydrogens (tertiary/aromatic N) is 2.